The van der Waals surface area contributed by atoms with Gasteiger partial charge >= 0.3 is 0 Å². The Labute approximate surface area is 165 Å². The van der Waals surface area contributed by atoms with Crippen LogP contribution in [0.1, 0.15) is 31.4 Å². The van der Waals surface area contributed by atoms with Crippen LogP contribution in [-0.2, 0) is 18.4 Å². The number of hydrogen-bond donors (Lipinski definition) is 0. The molecule has 0 N–H and O–H groups in total. The van der Waals surface area contributed by atoms with E-state index in [1.807, 2.05) is 36.5 Å². The zero-order chi connectivity index (χ0) is 19.1. The van der Waals surface area contributed by atoms with Gasteiger partial charge in [-0.25, -0.2) is 0 Å². The number of piperidine rings is 1. The minimum Gasteiger partial charge on any atom is -0.468 e. The Morgan fingerprint density at radius 2 is 2.04 bits per heavy atom. The van der Waals surface area contributed by atoms with Crippen LogP contribution in [0.2, 0.25) is 0 Å². The number of aromatic nitrogens is 2. The summed E-state index contributed by atoms with van der Waals surface area (Å²) in [7, 11) is 1.90. The van der Waals surface area contributed by atoms with E-state index in [-0.39, 0.29) is 11.4 Å². The molecule has 7 nitrogen and oxygen atoms in total. The van der Waals surface area contributed by atoms with Crippen molar-refractivity contribution in [2.45, 2.75) is 37.8 Å². The summed E-state index contributed by atoms with van der Waals surface area (Å²) < 4.78 is 7.29. The molecule has 7 heteroatoms. The maximum atomic E-state index is 13.8. The molecule has 2 aromatic heterocycles. The Balaban J connectivity index is 1.35. The van der Waals surface area contributed by atoms with Crippen LogP contribution in [0, 0.1) is 5.92 Å². The van der Waals surface area contributed by atoms with Gasteiger partial charge in [-0.1, -0.05) is 0 Å². The summed E-state index contributed by atoms with van der Waals surface area (Å²) in [6.07, 6.45) is 9.90. The van der Waals surface area contributed by atoms with Gasteiger partial charge in [0.15, 0.2) is 0 Å². The van der Waals surface area contributed by atoms with Crippen LogP contribution in [0.25, 0.3) is 0 Å². The van der Waals surface area contributed by atoms with Crippen LogP contribution in [0.15, 0.2) is 35.2 Å². The van der Waals surface area contributed by atoms with Gasteiger partial charge in [0.05, 0.1) is 24.7 Å². The number of nitrogens with zero attached hydrogens (tertiary/aromatic N) is 5. The number of anilines is 1. The van der Waals surface area contributed by atoms with Crippen molar-refractivity contribution in [1.82, 2.24) is 19.6 Å². The Bertz CT molecular complexity index is 818. The molecule has 2 aromatic rings. The van der Waals surface area contributed by atoms with Gasteiger partial charge in [0, 0.05) is 46.0 Å². The topological polar surface area (TPSA) is 57.8 Å². The Morgan fingerprint density at radius 3 is 2.68 bits per heavy atom. The number of hydrogen-bond acceptors (Lipinski definition) is 5. The second-order valence-electron chi connectivity index (χ2n) is 8.61. The minimum atomic E-state index is -0.365. The van der Waals surface area contributed by atoms with Crippen LogP contribution in [0.5, 0.6) is 0 Å². The smallest absolute Gasteiger partial charge is 0.247 e. The van der Waals surface area contributed by atoms with Crippen molar-refractivity contribution in [3.8, 4) is 0 Å². The minimum absolute atomic E-state index is 0.269. The number of likely N-dealkylation sites (tertiary alicyclic amines) is 1. The maximum Gasteiger partial charge on any atom is 0.247 e. The summed E-state index contributed by atoms with van der Waals surface area (Å²) in [6.45, 7) is 5.46. The zero-order valence-corrected chi connectivity index (χ0v) is 16.6. The van der Waals surface area contributed by atoms with E-state index in [4.69, 9.17) is 4.42 Å². The summed E-state index contributed by atoms with van der Waals surface area (Å²) in [5, 5.41) is 4.28. The predicted molar refractivity (Wildman–Crippen MR) is 106 cm³/mol. The molecule has 1 amide bonds. The lowest BCUT2D eigenvalue weighted by Gasteiger charge is -2.52. The first-order valence-electron chi connectivity index (χ1n) is 10.4. The van der Waals surface area contributed by atoms with E-state index in [1.54, 1.807) is 10.9 Å². The SMILES string of the molecule is Cn1cc(N2CCN(CC3CC3)C3(CCN(Cc4ccco4)CC3)C2=O)cn1. The lowest BCUT2D eigenvalue weighted by Crippen LogP contribution is -2.69. The van der Waals surface area contributed by atoms with Gasteiger partial charge in [0.25, 0.3) is 0 Å². The second kappa shape index (κ2) is 7.04. The first-order valence-corrected chi connectivity index (χ1v) is 10.4. The molecular weight excluding hydrogens is 354 g/mol. The van der Waals surface area contributed by atoms with Gasteiger partial charge in [0.1, 0.15) is 11.3 Å². The molecule has 150 valence electrons. The molecule has 0 radical (unpaired) electrons. The molecule has 2 saturated heterocycles. The standard InChI is InChI=1S/C21H29N5O2/c1-23-15-18(13-22-23)26-11-10-25(14-17-4-5-17)21(20(26)27)6-8-24(9-7-21)16-19-3-2-12-28-19/h2-3,12-13,15,17H,4-11,14,16H2,1H3. The maximum absolute atomic E-state index is 13.8. The molecular formula is C21H29N5O2. The summed E-state index contributed by atoms with van der Waals surface area (Å²) in [4.78, 5) is 20.7. The van der Waals surface area contributed by atoms with E-state index < -0.39 is 0 Å². The molecule has 1 saturated carbocycles. The monoisotopic (exact) mass is 383 g/mol. The lowest BCUT2D eigenvalue weighted by molar-refractivity contribution is -0.138. The zero-order valence-electron chi connectivity index (χ0n) is 16.6. The number of rotatable bonds is 5. The first-order chi connectivity index (χ1) is 13.6. The molecule has 0 bridgehead atoms. The number of carbonyl (C=O) groups is 1. The van der Waals surface area contributed by atoms with E-state index in [9.17, 15) is 4.79 Å². The molecule has 2 aliphatic heterocycles. The molecule has 0 aromatic carbocycles. The third-order valence-corrected chi connectivity index (χ3v) is 6.66. The lowest BCUT2D eigenvalue weighted by atomic mass is 9.82. The Kier molecular flexibility index (Phi) is 4.51. The number of piperazine rings is 1. The van der Waals surface area contributed by atoms with Crippen LogP contribution in [0.3, 0.4) is 0 Å². The third-order valence-electron chi connectivity index (χ3n) is 6.66. The summed E-state index contributed by atoms with van der Waals surface area (Å²) in [5.41, 5.74) is 0.562. The van der Waals surface area contributed by atoms with Gasteiger partial charge in [-0.05, 0) is 43.7 Å². The number of amides is 1. The van der Waals surface area contributed by atoms with Gasteiger partial charge in [-0.2, -0.15) is 5.10 Å². The Morgan fingerprint density at radius 1 is 1.21 bits per heavy atom. The Hall–Kier alpha value is -2.12. The fourth-order valence-electron chi connectivity index (χ4n) is 4.83. The van der Waals surface area contributed by atoms with E-state index in [1.165, 1.54) is 12.8 Å². The van der Waals surface area contributed by atoms with Crippen molar-refractivity contribution in [2.75, 3.05) is 37.6 Å². The number of carbonyl (C=O) groups excluding carboxylic acids is 1. The van der Waals surface area contributed by atoms with E-state index in [0.29, 0.717) is 0 Å². The average Bonchev–Trinajstić information content (AvgIpc) is 3.17. The van der Waals surface area contributed by atoms with Crippen molar-refractivity contribution in [3.63, 3.8) is 0 Å². The van der Waals surface area contributed by atoms with Gasteiger partial charge in [-0.3, -0.25) is 19.3 Å². The third kappa shape index (κ3) is 3.26. The molecule has 3 fully saturated rings. The van der Waals surface area contributed by atoms with Crippen molar-refractivity contribution in [1.29, 1.82) is 0 Å². The normalized spacial score (nSPS) is 23.6. The highest BCUT2D eigenvalue weighted by atomic mass is 16.3. The van der Waals surface area contributed by atoms with Gasteiger partial charge in [0.2, 0.25) is 5.91 Å². The number of furan rings is 1. The van der Waals surface area contributed by atoms with E-state index >= 15 is 0 Å². The van der Waals surface area contributed by atoms with Crippen molar-refractivity contribution in [3.05, 3.63) is 36.5 Å². The van der Waals surface area contributed by atoms with Crippen LogP contribution in [0.4, 0.5) is 5.69 Å². The molecule has 4 heterocycles. The fourth-order valence-corrected chi connectivity index (χ4v) is 4.83. The first kappa shape index (κ1) is 17.9. The highest BCUT2D eigenvalue weighted by molar-refractivity contribution is 6.01. The molecule has 1 spiro atoms. The van der Waals surface area contributed by atoms with E-state index in [0.717, 1.165) is 69.5 Å². The summed E-state index contributed by atoms with van der Waals surface area (Å²) >= 11 is 0. The molecule has 3 aliphatic rings. The van der Waals surface area contributed by atoms with Gasteiger partial charge in [-0.15, -0.1) is 0 Å². The predicted octanol–water partition coefficient (Wildman–Crippen LogP) is 2.11. The molecule has 28 heavy (non-hydrogen) atoms. The summed E-state index contributed by atoms with van der Waals surface area (Å²) in [5.74, 6) is 2.05. The summed E-state index contributed by atoms with van der Waals surface area (Å²) in [6, 6.07) is 3.97. The molecule has 0 atom stereocenters. The second-order valence-corrected chi connectivity index (χ2v) is 8.61. The average molecular weight is 383 g/mol. The van der Waals surface area contributed by atoms with Crippen LogP contribution >= 0.6 is 0 Å². The quantitative estimate of drug-likeness (QED) is 0.792. The van der Waals surface area contributed by atoms with E-state index in [2.05, 4.69) is 14.9 Å². The highest BCUT2D eigenvalue weighted by Crippen LogP contribution is 2.39. The van der Waals surface area contributed by atoms with Crippen molar-refractivity contribution in [2.24, 2.45) is 13.0 Å². The molecule has 1 aliphatic carbocycles. The van der Waals surface area contributed by atoms with Crippen molar-refractivity contribution >= 4 is 11.6 Å². The molecule has 0 unspecified atom stereocenters. The number of aryl methyl sites for hydroxylation is 1. The van der Waals surface area contributed by atoms with Gasteiger partial charge < -0.3 is 9.32 Å². The van der Waals surface area contributed by atoms with Crippen LogP contribution < -0.4 is 4.90 Å². The largest absolute Gasteiger partial charge is 0.468 e. The highest BCUT2D eigenvalue weighted by Gasteiger charge is 2.52. The van der Waals surface area contributed by atoms with Crippen LogP contribution in [-0.4, -0.2) is 63.8 Å². The molecule has 5 rings (SSSR count). The fraction of sp³-hybridized carbons (Fsp3) is 0.619. The van der Waals surface area contributed by atoms with Crippen molar-refractivity contribution < 1.29 is 9.21 Å².